The number of carbonyl (C=O) groups is 1. The van der Waals surface area contributed by atoms with Gasteiger partial charge in [0.2, 0.25) is 0 Å². The maximum Gasteiger partial charge on any atom is 0.415 e. The molecule has 0 N–H and O–H groups in total. The maximum atomic E-state index is 13.4. The van der Waals surface area contributed by atoms with Gasteiger partial charge in [0.05, 0.1) is 12.4 Å². The van der Waals surface area contributed by atoms with E-state index >= 15 is 0 Å². The van der Waals surface area contributed by atoms with Crippen LogP contribution >= 0.6 is 12.4 Å². The van der Waals surface area contributed by atoms with Crippen molar-refractivity contribution in [3.63, 3.8) is 0 Å². The number of ether oxygens (including phenoxy) is 1. The van der Waals surface area contributed by atoms with Crippen molar-refractivity contribution in [2.75, 3.05) is 13.1 Å². The number of pyridine rings is 1. The molecule has 0 aliphatic carbocycles. The van der Waals surface area contributed by atoms with E-state index in [9.17, 15) is 9.18 Å². The van der Waals surface area contributed by atoms with Crippen LogP contribution in [0.3, 0.4) is 0 Å². The van der Waals surface area contributed by atoms with Gasteiger partial charge in [-0.3, -0.25) is 4.98 Å². The summed E-state index contributed by atoms with van der Waals surface area (Å²) < 4.78 is 24.5. The average Bonchev–Trinajstić information content (AvgIpc) is 3.19. The fourth-order valence-electron chi connectivity index (χ4n) is 3.13. The SMILES string of the molecule is Cl.O=C(Oc1cccnc1)N1CCC(c2ncc(-c3cccc(F)c3)o2)CC1. The second kappa shape index (κ2) is 8.84. The van der Waals surface area contributed by atoms with Crippen LogP contribution in [0.15, 0.2) is 59.4 Å². The first kappa shape index (κ1) is 19.8. The molecule has 4 rings (SSSR count). The van der Waals surface area contributed by atoms with Crippen LogP contribution in [0.1, 0.15) is 24.7 Å². The summed E-state index contributed by atoms with van der Waals surface area (Å²) in [6.07, 6.45) is 5.82. The maximum absolute atomic E-state index is 13.4. The van der Waals surface area contributed by atoms with E-state index in [2.05, 4.69) is 9.97 Å². The molecule has 1 aromatic carbocycles. The number of benzene rings is 1. The van der Waals surface area contributed by atoms with Gasteiger partial charge in [0.25, 0.3) is 0 Å². The zero-order valence-corrected chi connectivity index (χ0v) is 15.8. The van der Waals surface area contributed by atoms with Gasteiger partial charge in [-0.2, -0.15) is 0 Å². The largest absolute Gasteiger partial charge is 0.440 e. The Hall–Kier alpha value is -2.93. The van der Waals surface area contributed by atoms with Crippen LogP contribution in [0, 0.1) is 5.82 Å². The molecule has 1 fully saturated rings. The van der Waals surface area contributed by atoms with Crippen molar-refractivity contribution in [3.05, 3.63) is 66.7 Å². The van der Waals surface area contributed by atoms with E-state index in [0.717, 1.165) is 12.8 Å². The van der Waals surface area contributed by atoms with Crippen molar-refractivity contribution < 1.29 is 18.3 Å². The standard InChI is InChI=1S/C20H18FN3O3.ClH/c21-16-4-1-3-15(11-16)18-13-23-19(27-18)14-6-9-24(10-7-14)20(25)26-17-5-2-8-22-12-17;/h1-5,8,11-14H,6-7,9-10H2;1H. The fraction of sp³-hybridized carbons (Fsp3) is 0.250. The summed E-state index contributed by atoms with van der Waals surface area (Å²) in [4.78, 5) is 22.2. The number of oxazole rings is 1. The van der Waals surface area contributed by atoms with Crippen molar-refractivity contribution in [3.8, 4) is 17.1 Å². The highest BCUT2D eigenvalue weighted by Gasteiger charge is 2.28. The van der Waals surface area contributed by atoms with E-state index < -0.39 is 0 Å². The highest BCUT2D eigenvalue weighted by atomic mass is 35.5. The first-order chi connectivity index (χ1) is 13.2. The van der Waals surface area contributed by atoms with Gasteiger partial charge >= 0.3 is 6.09 Å². The summed E-state index contributed by atoms with van der Waals surface area (Å²) in [6.45, 7) is 1.11. The lowest BCUT2D eigenvalue weighted by atomic mass is 9.97. The second-order valence-corrected chi connectivity index (χ2v) is 6.39. The highest BCUT2D eigenvalue weighted by Crippen LogP contribution is 2.31. The molecule has 3 aromatic rings. The molecule has 1 saturated heterocycles. The number of hydrogen-bond acceptors (Lipinski definition) is 5. The Morgan fingerprint density at radius 1 is 1.18 bits per heavy atom. The number of rotatable bonds is 3. The minimum atomic E-state index is -0.380. The molecule has 1 aliphatic heterocycles. The van der Waals surface area contributed by atoms with Crippen LogP contribution in [0.5, 0.6) is 5.75 Å². The highest BCUT2D eigenvalue weighted by molar-refractivity contribution is 5.85. The number of piperidine rings is 1. The van der Waals surface area contributed by atoms with Crippen LogP contribution in [-0.2, 0) is 0 Å². The average molecular weight is 404 g/mol. The molecule has 0 spiro atoms. The van der Waals surface area contributed by atoms with E-state index in [1.54, 1.807) is 41.6 Å². The monoisotopic (exact) mass is 403 g/mol. The van der Waals surface area contributed by atoms with Crippen LogP contribution in [0.4, 0.5) is 9.18 Å². The van der Waals surface area contributed by atoms with Gasteiger partial charge in [-0.05, 0) is 37.1 Å². The van der Waals surface area contributed by atoms with Crippen molar-refractivity contribution >= 4 is 18.5 Å². The van der Waals surface area contributed by atoms with Gasteiger partial charge in [-0.1, -0.05) is 12.1 Å². The van der Waals surface area contributed by atoms with E-state index in [4.69, 9.17) is 9.15 Å². The Bertz CT molecular complexity index is 927. The lowest BCUT2D eigenvalue weighted by molar-refractivity contribution is 0.136. The Kier molecular flexibility index (Phi) is 6.26. The summed E-state index contributed by atoms with van der Waals surface area (Å²) in [5.74, 6) is 1.40. The molecule has 0 radical (unpaired) electrons. The van der Waals surface area contributed by atoms with Crippen molar-refractivity contribution in [1.29, 1.82) is 0 Å². The number of likely N-dealkylation sites (tertiary alicyclic amines) is 1. The molecular weight excluding hydrogens is 385 g/mol. The summed E-state index contributed by atoms with van der Waals surface area (Å²) in [6, 6.07) is 9.64. The van der Waals surface area contributed by atoms with Gasteiger partial charge in [0.15, 0.2) is 17.4 Å². The molecule has 0 bridgehead atoms. The Labute approximate surface area is 167 Å². The number of nitrogens with zero attached hydrogens (tertiary/aromatic N) is 3. The Morgan fingerprint density at radius 2 is 2.00 bits per heavy atom. The normalized spacial score (nSPS) is 14.4. The number of aromatic nitrogens is 2. The van der Waals surface area contributed by atoms with Crippen LogP contribution in [0.2, 0.25) is 0 Å². The van der Waals surface area contributed by atoms with E-state index in [1.165, 1.54) is 18.3 Å². The van der Waals surface area contributed by atoms with E-state index in [1.807, 2.05) is 0 Å². The van der Waals surface area contributed by atoms with Crippen molar-refractivity contribution in [2.45, 2.75) is 18.8 Å². The third-order valence-corrected chi connectivity index (χ3v) is 4.57. The van der Waals surface area contributed by atoms with Gasteiger partial charge in [0, 0.05) is 30.8 Å². The molecule has 146 valence electrons. The van der Waals surface area contributed by atoms with Crippen molar-refractivity contribution in [1.82, 2.24) is 14.9 Å². The molecule has 1 amide bonds. The first-order valence-electron chi connectivity index (χ1n) is 8.77. The molecule has 28 heavy (non-hydrogen) atoms. The van der Waals surface area contributed by atoms with E-state index in [-0.39, 0.29) is 30.2 Å². The summed E-state index contributed by atoms with van der Waals surface area (Å²) in [7, 11) is 0. The number of hydrogen-bond donors (Lipinski definition) is 0. The molecule has 3 heterocycles. The number of amides is 1. The minimum absolute atomic E-state index is 0. The minimum Gasteiger partial charge on any atom is -0.440 e. The molecular formula is C20H19ClFN3O3. The number of carbonyl (C=O) groups excluding carboxylic acids is 1. The Balaban J connectivity index is 0.00000225. The lowest BCUT2D eigenvalue weighted by Gasteiger charge is -2.29. The first-order valence-corrected chi connectivity index (χ1v) is 8.77. The topological polar surface area (TPSA) is 68.5 Å². The Morgan fingerprint density at radius 3 is 2.71 bits per heavy atom. The molecule has 6 nitrogen and oxygen atoms in total. The third-order valence-electron chi connectivity index (χ3n) is 4.57. The lowest BCUT2D eigenvalue weighted by Crippen LogP contribution is -2.39. The summed E-state index contributed by atoms with van der Waals surface area (Å²) >= 11 is 0. The summed E-state index contributed by atoms with van der Waals surface area (Å²) in [5, 5.41) is 0. The van der Waals surface area contributed by atoms with Crippen LogP contribution in [-0.4, -0.2) is 34.1 Å². The predicted molar refractivity (Wildman–Crippen MR) is 103 cm³/mol. The van der Waals surface area contributed by atoms with Gasteiger partial charge in [-0.25, -0.2) is 14.2 Å². The molecule has 8 heteroatoms. The fourth-order valence-corrected chi connectivity index (χ4v) is 3.13. The zero-order valence-electron chi connectivity index (χ0n) is 15.0. The van der Waals surface area contributed by atoms with Gasteiger partial charge in [0.1, 0.15) is 5.82 Å². The molecule has 2 aromatic heterocycles. The summed E-state index contributed by atoms with van der Waals surface area (Å²) in [5.41, 5.74) is 0.659. The third kappa shape index (κ3) is 4.48. The zero-order chi connectivity index (χ0) is 18.6. The molecule has 0 saturated carbocycles. The predicted octanol–water partition coefficient (Wildman–Crippen LogP) is 4.68. The number of halogens is 2. The van der Waals surface area contributed by atoms with Crippen LogP contribution < -0.4 is 4.74 Å². The molecule has 0 atom stereocenters. The van der Waals surface area contributed by atoms with Crippen molar-refractivity contribution in [2.24, 2.45) is 0 Å². The smallest absolute Gasteiger partial charge is 0.415 e. The molecule has 1 aliphatic rings. The molecule has 0 unspecified atom stereocenters. The van der Waals surface area contributed by atoms with E-state index in [0.29, 0.717) is 36.1 Å². The van der Waals surface area contributed by atoms with Gasteiger partial charge < -0.3 is 14.1 Å². The quantitative estimate of drug-likeness (QED) is 0.635. The van der Waals surface area contributed by atoms with Crippen LogP contribution in [0.25, 0.3) is 11.3 Å². The van der Waals surface area contributed by atoms with Gasteiger partial charge in [-0.15, -0.1) is 12.4 Å². The second-order valence-electron chi connectivity index (χ2n) is 6.39.